The van der Waals surface area contributed by atoms with Gasteiger partial charge in [-0.2, -0.15) is 23.5 Å². The largest absolute Gasteiger partial charge is 0.455 e. The van der Waals surface area contributed by atoms with E-state index in [9.17, 15) is 4.79 Å². The van der Waals surface area contributed by atoms with Gasteiger partial charge >= 0.3 is 5.97 Å². The molecule has 1 aliphatic rings. The summed E-state index contributed by atoms with van der Waals surface area (Å²) in [6.45, 7) is 4.17. The predicted molar refractivity (Wildman–Crippen MR) is 84.0 cm³/mol. The minimum Gasteiger partial charge on any atom is -0.455 e. The quantitative estimate of drug-likeness (QED) is 0.767. The van der Waals surface area contributed by atoms with Gasteiger partial charge in [-0.1, -0.05) is 19.1 Å². The van der Waals surface area contributed by atoms with Crippen molar-refractivity contribution in [3.8, 4) is 0 Å². The minimum absolute atomic E-state index is 0.195. The highest BCUT2D eigenvalue weighted by atomic mass is 32.2. The summed E-state index contributed by atoms with van der Waals surface area (Å²) < 4.78 is 5.64. The molecular formula is C15H20O2S2. The smallest absolute Gasteiger partial charge is 0.338 e. The van der Waals surface area contributed by atoms with Gasteiger partial charge in [0.25, 0.3) is 0 Å². The number of carbonyl (C=O) groups excluding carboxylic acids is 1. The second-order valence-corrected chi connectivity index (χ2v) is 7.36. The fourth-order valence-electron chi connectivity index (χ4n) is 1.97. The number of esters is 1. The lowest BCUT2D eigenvalue weighted by Crippen LogP contribution is -2.31. The summed E-state index contributed by atoms with van der Waals surface area (Å²) in [7, 11) is 0. The van der Waals surface area contributed by atoms with Crippen LogP contribution in [0.25, 0.3) is 0 Å². The van der Waals surface area contributed by atoms with E-state index in [1.165, 1.54) is 5.56 Å². The van der Waals surface area contributed by atoms with Crippen molar-refractivity contribution >= 4 is 29.5 Å². The maximum Gasteiger partial charge on any atom is 0.338 e. The van der Waals surface area contributed by atoms with Crippen LogP contribution >= 0.6 is 23.5 Å². The van der Waals surface area contributed by atoms with Crippen molar-refractivity contribution in [2.45, 2.75) is 31.6 Å². The Balaban J connectivity index is 1.95. The average molecular weight is 296 g/mol. The van der Waals surface area contributed by atoms with Gasteiger partial charge in [-0.3, -0.25) is 0 Å². The highest BCUT2D eigenvalue weighted by molar-refractivity contribution is 7.99. The molecule has 1 fully saturated rings. The van der Waals surface area contributed by atoms with Gasteiger partial charge in [0, 0.05) is 11.5 Å². The zero-order chi connectivity index (χ0) is 13.7. The molecule has 0 N–H and O–H groups in total. The number of hydrogen-bond acceptors (Lipinski definition) is 4. The standard InChI is InChI=1S/C15H20O2S2/c1-3-18-10-12-4-6-13(7-5-12)14(16)17-15(2)8-9-19-11-15/h4-7H,3,8-11H2,1-2H3/t15-/m1/s1. The third-order valence-corrected chi connectivity index (χ3v) is 5.44. The number of carbonyl (C=O) groups is 1. The third-order valence-electron chi connectivity index (χ3n) is 3.18. The molecule has 0 aromatic heterocycles. The topological polar surface area (TPSA) is 26.3 Å². The maximum absolute atomic E-state index is 12.1. The van der Waals surface area contributed by atoms with Gasteiger partial charge in [0.05, 0.1) is 5.56 Å². The molecule has 0 unspecified atom stereocenters. The summed E-state index contributed by atoms with van der Waals surface area (Å²) in [4.78, 5) is 12.1. The second kappa shape index (κ2) is 6.71. The van der Waals surface area contributed by atoms with Gasteiger partial charge < -0.3 is 4.74 Å². The molecule has 0 saturated carbocycles. The van der Waals surface area contributed by atoms with Crippen LogP contribution in [0, 0.1) is 0 Å². The Morgan fingerprint density at radius 2 is 2.16 bits per heavy atom. The van der Waals surface area contributed by atoms with Crippen molar-refractivity contribution in [2.24, 2.45) is 0 Å². The molecule has 1 aliphatic heterocycles. The highest BCUT2D eigenvalue weighted by Gasteiger charge is 2.33. The van der Waals surface area contributed by atoms with E-state index in [0.29, 0.717) is 5.56 Å². The minimum atomic E-state index is -0.279. The first-order chi connectivity index (χ1) is 9.13. The first-order valence-corrected chi connectivity index (χ1v) is 8.92. The fourth-order valence-corrected chi connectivity index (χ4v) is 3.96. The Morgan fingerprint density at radius 1 is 1.42 bits per heavy atom. The Kier molecular flexibility index (Phi) is 5.22. The third kappa shape index (κ3) is 4.18. The summed E-state index contributed by atoms with van der Waals surface area (Å²) in [6.07, 6.45) is 0.953. The first-order valence-electron chi connectivity index (χ1n) is 6.61. The lowest BCUT2D eigenvalue weighted by atomic mass is 10.1. The molecule has 0 aliphatic carbocycles. The van der Waals surface area contributed by atoms with Crippen LogP contribution in [-0.4, -0.2) is 28.8 Å². The average Bonchev–Trinajstić information content (AvgIpc) is 2.83. The molecule has 0 amide bonds. The van der Waals surface area contributed by atoms with Crippen LogP contribution in [0.15, 0.2) is 24.3 Å². The second-order valence-electron chi connectivity index (χ2n) is 4.98. The Hall–Kier alpha value is -0.610. The van der Waals surface area contributed by atoms with E-state index < -0.39 is 0 Å². The Labute approximate surface area is 123 Å². The summed E-state index contributed by atoms with van der Waals surface area (Å²) >= 11 is 3.73. The molecule has 1 saturated heterocycles. The van der Waals surface area contributed by atoms with Crippen molar-refractivity contribution < 1.29 is 9.53 Å². The lowest BCUT2D eigenvalue weighted by molar-refractivity contribution is 0.00246. The van der Waals surface area contributed by atoms with Crippen LogP contribution in [0.1, 0.15) is 36.2 Å². The molecule has 1 atom stereocenters. The van der Waals surface area contributed by atoms with Crippen molar-refractivity contribution in [1.82, 2.24) is 0 Å². The number of thioether (sulfide) groups is 2. The molecular weight excluding hydrogens is 276 g/mol. The molecule has 104 valence electrons. The van der Waals surface area contributed by atoms with Crippen molar-refractivity contribution in [3.05, 3.63) is 35.4 Å². The number of hydrogen-bond donors (Lipinski definition) is 0. The first kappa shape index (κ1) is 14.8. The Morgan fingerprint density at radius 3 is 2.74 bits per heavy atom. The van der Waals surface area contributed by atoms with E-state index in [1.807, 2.05) is 54.7 Å². The number of rotatable bonds is 5. The van der Waals surface area contributed by atoms with Gasteiger partial charge in [-0.05, 0) is 42.5 Å². The molecule has 2 rings (SSSR count). The van der Waals surface area contributed by atoms with Crippen LogP contribution in [0.4, 0.5) is 0 Å². The number of ether oxygens (including phenoxy) is 1. The van der Waals surface area contributed by atoms with Gasteiger partial charge in [-0.25, -0.2) is 4.79 Å². The molecule has 2 nitrogen and oxygen atoms in total. The van der Waals surface area contributed by atoms with Crippen molar-refractivity contribution in [1.29, 1.82) is 0 Å². The van der Waals surface area contributed by atoms with Crippen LogP contribution < -0.4 is 0 Å². The van der Waals surface area contributed by atoms with Crippen LogP contribution in [0.3, 0.4) is 0 Å². The molecule has 19 heavy (non-hydrogen) atoms. The van der Waals surface area contributed by atoms with Crippen LogP contribution in [0.2, 0.25) is 0 Å². The van der Waals surface area contributed by atoms with Gasteiger partial charge in [0.1, 0.15) is 5.60 Å². The van der Waals surface area contributed by atoms with E-state index >= 15 is 0 Å². The normalized spacial score (nSPS) is 22.4. The molecule has 0 spiro atoms. The molecule has 1 heterocycles. The molecule has 0 bridgehead atoms. The van der Waals surface area contributed by atoms with E-state index in [0.717, 1.165) is 29.4 Å². The van der Waals surface area contributed by atoms with Gasteiger partial charge in [-0.15, -0.1) is 0 Å². The monoisotopic (exact) mass is 296 g/mol. The number of benzene rings is 1. The van der Waals surface area contributed by atoms with Gasteiger partial charge in [0.15, 0.2) is 0 Å². The molecule has 4 heteroatoms. The predicted octanol–water partition coefficient (Wildman–Crippen LogP) is 3.99. The fraction of sp³-hybridized carbons (Fsp3) is 0.533. The highest BCUT2D eigenvalue weighted by Crippen LogP contribution is 2.31. The Bertz CT molecular complexity index is 422. The van der Waals surface area contributed by atoms with E-state index in [1.54, 1.807) is 0 Å². The summed E-state index contributed by atoms with van der Waals surface area (Å²) in [5.41, 5.74) is 1.63. The summed E-state index contributed by atoms with van der Waals surface area (Å²) in [6, 6.07) is 7.79. The van der Waals surface area contributed by atoms with E-state index in [2.05, 4.69) is 6.92 Å². The van der Waals surface area contributed by atoms with E-state index in [4.69, 9.17) is 4.74 Å². The zero-order valence-corrected chi connectivity index (χ0v) is 13.1. The SMILES string of the molecule is CCSCc1ccc(C(=O)O[C@]2(C)CCSC2)cc1. The maximum atomic E-state index is 12.1. The lowest BCUT2D eigenvalue weighted by Gasteiger charge is -2.23. The molecule has 0 radical (unpaired) electrons. The van der Waals surface area contributed by atoms with Crippen molar-refractivity contribution in [2.75, 3.05) is 17.3 Å². The zero-order valence-electron chi connectivity index (χ0n) is 11.5. The molecule has 1 aromatic rings. The van der Waals surface area contributed by atoms with Crippen LogP contribution in [-0.2, 0) is 10.5 Å². The van der Waals surface area contributed by atoms with E-state index in [-0.39, 0.29) is 11.6 Å². The summed E-state index contributed by atoms with van der Waals surface area (Å²) in [5.74, 6) is 3.90. The molecule has 1 aromatic carbocycles. The van der Waals surface area contributed by atoms with Crippen LogP contribution in [0.5, 0.6) is 0 Å². The summed E-state index contributed by atoms with van der Waals surface area (Å²) in [5, 5.41) is 0. The van der Waals surface area contributed by atoms with Gasteiger partial charge in [0.2, 0.25) is 0 Å². The van der Waals surface area contributed by atoms with Crippen molar-refractivity contribution in [3.63, 3.8) is 0 Å².